The number of fused-ring (bicyclic) bond motifs is 2. The van der Waals surface area contributed by atoms with Gasteiger partial charge in [-0.05, 0) is 24.6 Å². The van der Waals surface area contributed by atoms with Gasteiger partial charge in [-0.25, -0.2) is 19.2 Å². The number of ether oxygens (including phenoxy) is 1. The number of amides is 1. The Morgan fingerprint density at radius 1 is 1.27 bits per heavy atom. The minimum absolute atomic E-state index is 0.211. The molecule has 0 radical (unpaired) electrons. The Morgan fingerprint density at radius 3 is 2.77 bits per heavy atom. The number of carbonyl (C=O) groups excluding carboxylic acids is 1. The molecule has 30 heavy (non-hydrogen) atoms. The number of allylic oxidation sites excluding steroid dienone is 1. The zero-order chi connectivity index (χ0) is 21.3. The number of imidazole rings is 2. The number of hydrogen-bond donors (Lipinski definition) is 0. The van der Waals surface area contributed by atoms with Crippen LogP contribution >= 0.6 is 0 Å². The quantitative estimate of drug-likeness (QED) is 0.487. The minimum Gasteiger partial charge on any atom is -0.451 e. The van der Waals surface area contributed by atoms with Crippen molar-refractivity contribution in [3.63, 3.8) is 0 Å². The molecule has 1 amide bonds. The summed E-state index contributed by atoms with van der Waals surface area (Å²) in [7, 11) is 3.08. The van der Waals surface area contributed by atoms with E-state index in [0.717, 1.165) is 5.56 Å². The molecule has 3 aromatic heterocycles. The van der Waals surface area contributed by atoms with Crippen LogP contribution in [0, 0.1) is 6.92 Å². The lowest BCUT2D eigenvalue weighted by Gasteiger charge is -2.07. The zero-order valence-electron chi connectivity index (χ0n) is 16.8. The van der Waals surface area contributed by atoms with Crippen LogP contribution in [0.2, 0.25) is 0 Å². The minimum atomic E-state index is -0.697. The summed E-state index contributed by atoms with van der Waals surface area (Å²) in [6.45, 7) is 2.35. The lowest BCUT2D eigenvalue weighted by atomic mass is 10.2. The molecule has 9 heteroatoms. The molecule has 0 N–H and O–H groups in total. The maximum absolute atomic E-state index is 13.4. The van der Waals surface area contributed by atoms with E-state index in [4.69, 9.17) is 0 Å². The Hall–Kier alpha value is -4.01. The van der Waals surface area contributed by atoms with Gasteiger partial charge in [0, 0.05) is 19.8 Å². The fourth-order valence-electron chi connectivity index (χ4n) is 3.37. The van der Waals surface area contributed by atoms with Crippen molar-refractivity contribution in [2.75, 3.05) is 7.11 Å². The number of aromatic nitrogens is 5. The highest BCUT2D eigenvalue weighted by Crippen LogP contribution is 2.17. The lowest BCUT2D eigenvalue weighted by Crippen LogP contribution is -2.21. The maximum atomic E-state index is 13.4. The second kappa shape index (κ2) is 7.78. The van der Waals surface area contributed by atoms with Crippen LogP contribution < -0.4 is 5.56 Å². The third-order valence-corrected chi connectivity index (χ3v) is 4.81. The van der Waals surface area contributed by atoms with Crippen LogP contribution in [0.1, 0.15) is 17.0 Å². The maximum Gasteiger partial charge on any atom is 0.433 e. The molecule has 0 saturated heterocycles. The molecule has 0 aliphatic heterocycles. The molecule has 3 heterocycles. The van der Waals surface area contributed by atoms with Gasteiger partial charge in [0.25, 0.3) is 5.56 Å². The highest BCUT2D eigenvalue weighted by atomic mass is 16.5. The fourth-order valence-corrected chi connectivity index (χ4v) is 3.37. The van der Waals surface area contributed by atoms with Crippen molar-refractivity contribution in [3.05, 3.63) is 70.0 Å². The number of aliphatic imine (C=N–C) groups is 1. The van der Waals surface area contributed by atoms with Crippen LogP contribution in [-0.2, 0) is 18.3 Å². The van der Waals surface area contributed by atoms with Crippen molar-refractivity contribution < 1.29 is 9.53 Å². The SMILES string of the molecule is COC(=O)/N=C/C=C/c1c(C)nc2n(C)c3ncn(Cc4ccccc4)c3c(=O)n12. The average Bonchev–Trinajstić information content (AvgIpc) is 3.32. The van der Waals surface area contributed by atoms with Crippen molar-refractivity contribution in [1.29, 1.82) is 0 Å². The van der Waals surface area contributed by atoms with Crippen LogP contribution in [-0.4, -0.2) is 42.9 Å². The number of aryl methyl sites for hydroxylation is 2. The van der Waals surface area contributed by atoms with E-state index in [0.29, 0.717) is 34.9 Å². The molecule has 0 aliphatic rings. The Bertz CT molecular complexity index is 1360. The Kier molecular flexibility index (Phi) is 5.01. The molecule has 4 aromatic rings. The van der Waals surface area contributed by atoms with Gasteiger partial charge in [-0.3, -0.25) is 9.36 Å². The third-order valence-electron chi connectivity index (χ3n) is 4.81. The summed E-state index contributed by atoms with van der Waals surface area (Å²) in [5.74, 6) is 0.486. The fraction of sp³-hybridized carbons (Fsp3) is 0.190. The number of carbonyl (C=O) groups is 1. The molecule has 0 bridgehead atoms. The predicted molar refractivity (Wildman–Crippen MR) is 114 cm³/mol. The zero-order valence-corrected chi connectivity index (χ0v) is 16.8. The van der Waals surface area contributed by atoms with Crippen molar-refractivity contribution in [2.45, 2.75) is 13.5 Å². The predicted octanol–water partition coefficient (Wildman–Crippen LogP) is 2.59. The van der Waals surface area contributed by atoms with Gasteiger partial charge in [0.05, 0.1) is 24.8 Å². The Balaban J connectivity index is 1.87. The van der Waals surface area contributed by atoms with Crippen molar-refractivity contribution in [3.8, 4) is 0 Å². The van der Waals surface area contributed by atoms with Gasteiger partial charge < -0.3 is 9.30 Å². The van der Waals surface area contributed by atoms with Crippen molar-refractivity contribution in [2.24, 2.45) is 12.0 Å². The van der Waals surface area contributed by atoms with E-state index in [1.165, 1.54) is 13.3 Å². The van der Waals surface area contributed by atoms with Gasteiger partial charge >= 0.3 is 6.09 Å². The molecule has 1 aromatic carbocycles. The highest BCUT2D eigenvalue weighted by molar-refractivity contribution is 5.87. The van der Waals surface area contributed by atoms with Crippen LogP contribution in [0.3, 0.4) is 0 Å². The van der Waals surface area contributed by atoms with E-state index >= 15 is 0 Å². The Morgan fingerprint density at radius 2 is 2.03 bits per heavy atom. The summed E-state index contributed by atoms with van der Waals surface area (Å²) in [6.07, 6.45) is 5.54. The second-order valence-corrected chi connectivity index (χ2v) is 6.72. The van der Waals surface area contributed by atoms with Crippen molar-refractivity contribution >= 4 is 35.3 Å². The first-order valence-electron chi connectivity index (χ1n) is 9.26. The number of hydrogen-bond acceptors (Lipinski definition) is 5. The Labute approximate surface area is 171 Å². The monoisotopic (exact) mass is 404 g/mol. The van der Waals surface area contributed by atoms with Crippen molar-refractivity contribution in [1.82, 2.24) is 23.5 Å². The summed E-state index contributed by atoms with van der Waals surface area (Å²) in [4.78, 5) is 37.1. The third kappa shape index (κ3) is 3.30. The van der Waals surface area contributed by atoms with E-state index in [2.05, 4.69) is 19.7 Å². The van der Waals surface area contributed by atoms with E-state index in [1.54, 1.807) is 27.4 Å². The molecule has 152 valence electrons. The highest BCUT2D eigenvalue weighted by Gasteiger charge is 2.18. The van der Waals surface area contributed by atoms with E-state index in [1.807, 2.05) is 48.9 Å². The lowest BCUT2D eigenvalue weighted by molar-refractivity contribution is 0.183. The van der Waals surface area contributed by atoms with Gasteiger partial charge in [0.15, 0.2) is 11.2 Å². The largest absolute Gasteiger partial charge is 0.451 e. The molecule has 0 atom stereocenters. The van der Waals surface area contributed by atoms with Gasteiger partial charge in [-0.2, -0.15) is 4.99 Å². The van der Waals surface area contributed by atoms with Gasteiger partial charge in [0.1, 0.15) is 0 Å². The summed E-state index contributed by atoms with van der Waals surface area (Å²) < 4.78 is 9.65. The first-order valence-corrected chi connectivity index (χ1v) is 9.26. The first kappa shape index (κ1) is 19.3. The van der Waals surface area contributed by atoms with Gasteiger partial charge in [-0.1, -0.05) is 30.3 Å². The molecule has 4 rings (SSSR count). The molecule has 0 spiro atoms. The normalized spacial score (nSPS) is 12.0. The van der Waals surface area contributed by atoms with Crippen LogP contribution in [0.25, 0.3) is 23.0 Å². The second-order valence-electron chi connectivity index (χ2n) is 6.72. The first-order chi connectivity index (χ1) is 14.5. The number of nitrogens with zero attached hydrogens (tertiary/aromatic N) is 6. The topological polar surface area (TPSA) is 95.8 Å². The summed E-state index contributed by atoms with van der Waals surface area (Å²) in [5.41, 5.74) is 3.20. The van der Waals surface area contributed by atoms with E-state index in [9.17, 15) is 9.59 Å². The number of rotatable bonds is 4. The van der Waals surface area contributed by atoms with E-state index in [-0.39, 0.29) is 5.56 Å². The van der Waals surface area contributed by atoms with Gasteiger partial charge in [-0.15, -0.1) is 0 Å². The van der Waals surface area contributed by atoms with Crippen LogP contribution in [0.4, 0.5) is 4.79 Å². The number of methoxy groups -OCH3 is 1. The molecule has 0 saturated carbocycles. The molecule has 0 unspecified atom stereocenters. The summed E-state index contributed by atoms with van der Waals surface area (Å²) >= 11 is 0. The van der Waals surface area contributed by atoms with Crippen LogP contribution in [0.15, 0.2) is 52.5 Å². The average molecular weight is 404 g/mol. The van der Waals surface area contributed by atoms with Gasteiger partial charge in [0.2, 0.25) is 5.78 Å². The van der Waals surface area contributed by atoms with E-state index < -0.39 is 6.09 Å². The molecular formula is C21H20N6O3. The summed E-state index contributed by atoms with van der Waals surface area (Å²) in [6, 6.07) is 9.88. The standard InChI is InChI=1S/C21H20N6O3/c1-14-16(10-7-11-22-21(29)30-3)27-19(28)17-18(25(2)20(27)24-14)23-13-26(17)12-15-8-5-4-6-9-15/h4-11,13H,12H2,1-3H3/b10-7+,22-11+. The molecule has 0 fully saturated rings. The smallest absolute Gasteiger partial charge is 0.433 e. The van der Waals surface area contributed by atoms with Crippen LogP contribution in [0.5, 0.6) is 0 Å². The molecular weight excluding hydrogens is 384 g/mol. The number of benzene rings is 1. The molecule has 0 aliphatic carbocycles. The summed E-state index contributed by atoms with van der Waals surface area (Å²) in [5, 5.41) is 0. The molecule has 9 nitrogen and oxygen atoms in total.